The van der Waals surface area contributed by atoms with Crippen molar-refractivity contribution in [3.8, 4) is 0 Å². The first-order chi connectivity index (χ1) is 12.8. The highest BCUT2D eigenvalue weighted by atomic mass is 32.2. The van der Waals surface area contributed by atoms with Gasteiger partial charge >= 0.3 is 0 Å². The third kappa shape index (κ3) is 5.75. The summed E-state index contributed by atoms with van der Waals surface area (Å²) < 4.78 is 41.5. The van der Waals surface area contributed by atoms with E-state index in [4.69, 9.17) is 0 Å². The van der Waals surface area contributed by atoms with Gasteiger partial charge in [0.2, 0.25) is 10.0 Å². The molecule has 0 aliphatic carbocycles. The van der Waals surface area contributed by atoms with Gasteiger partial charge in [0.1, 0.15) is 5.82 Å². The lowest BCUT2D eigenvalue weighted by molar-refractivity contribution is 0.0948. The maximum atomic E-state index is 14.1. The van der Waals surface area contributed by atoms with Crippen molar-refractivity contribution >= 4 is 15.9 Å². The number of nitrogens with one attached hydrogen (secondary N) is 1. The number of hydrogen-bond acceptors (Lipinski definition) is 3. The molecule has 0 radical (unpaired) electrons. The Bertz CT molecular complexity index is 742. The second-order valence-corrected chi connectivity index (χ2v) is 9.66. The Kier molecular flexibility index (Phi) is 7.79. The first-order valence-corrected chi connectivity index (χ1v) is 11.3. The van der Waals surface area contributed by atoms with E-state index in [9.17, 15) is 17.6 Å². The van der Waals surface area contributed by atoms with Crippen LogP contribution in [-0.2, 0) is 10.0 Å². The number of benzene rings is 1. The first-order valence-electron chi connectivity index (χ1n) is 9.83. The van der Waals surface area contributed by atoms with Gasteiger partial charge in [-0.05, 0) is 42.9 Å². The molecule has 1 aromatic carbocycles. The number of sulfonamides is 1. The van der Waals surface area contributed by atoms with Gasteiger partial charge in [-0.2, -0.15) is 4.31 Å². The molecule has 7 heteroatoms. The molecule has 1 amide bonds. The van der Waals surface area contributed by atoms with Gasteiger partial charge in [0, 0.05) is 19.6 Å². The average molecular weight is 399 g/mol. The molecule has 1 N–H and O–H groups in total. The van der Waals surface area contributed by atoms with Crippen LogP contribution in [-0.4, -0.2) is 38.3 Å². The van der Waals surface area contributed by atoms with E-state index in [-0.39, 0.29) is 22.3 Å². The lowest BCUT2D eigenvalue weighted by atomic mass is 9.94. The van der Waals surface area contributed by atoms with Gasteiger partial charge in [-0.25, -0.2) is 12.8 Å². The molecule has 1 heterocycles. The van der Waals surface area contributed by atoms with E-state index >= 15 is 0 Å². The quantitative estimate of drug-likeness (QED) is 0.677. The molecule has 0 saturated carbocycles. The summed E-state index contributed by atoms with van der Waals surface area (Å²) in [6, 6.07) is 3.47. The molecule has 0 spiro atoms. The number of unbranched alkanes of at least 4 members (excludes halogenated alkanes) is 3. The summed E-state index contributed by atoms with van der Waals surface area (Å²) in [7, 11) is -3.75. The number of piperidine rings is 1. The number of carbonyl (C=O) groups is 1. The molecule has 1 saturated heterocycles. The summed E-state index contributed by atoms with van der Waals surface area (Å²) in [5.41, 5.74) is -0.218. The van der Waals surface area contributed by atoms with Crippen LogP contribution in [0, 0.1) is 17.7 Å². The zero-order valence-electron chi connectivity index (χ0n) is 16.5. The van der Waals surface area contributed by atoms with Crippen LogP contribution in [0.3, 0.4) is 0 Å². The van der Waals surface area contributed by atoms with Crippen LogP contribution in [0.15, 0.2) is 23.1 Å². The normalized spacial score (nSPS) is 21.2. The molecule has 0 bridgehead atoms. The predicted molar refractivity (Wildman–Crippen MR) is 105 cm³/mol. The Labute approximate surface area is 162 Å². The van der Waals surface area contributed by atoms with Gasteiger partial charge in [-0.3, -0.25) is 4.79 Å². The van der Waals surface area contributed by atoms with Crippen LogP contribution in [0.2, 0.25) is 0 Å². The standard InChI is InChI=1S/C20H31FN2O3S/c1-4-5-6-7-10-22-20(24)18-12-17(8-9-19(18)21)27(25,26)23-13-15(2)11-16(3)14-23/h8-9,12,15-16H,4-7,10-11,13-14H2,1-3H3,(H,22,24)/t15-,16+. The largest absolute Gasteiger partial charge is 0.352 e. The minimum Gasteiger partial charge on any atom is -0.352 e. The fourth-order valence-corrected chi connectivity index (χ4v) is 5.35. The van der Waals surface area contributed by atoms with Crippen LogP contribution in [0.5, 0.6) is 0 Å². The lowest BCUT2D eigenvalue weighted by Gasteiger charge is -2.34. The van der Waals surface area contributed by atoms with Crippen molar-refractivity contribution in [2.24, 2.45) is 11.8 Å². The highest BCUT2D eigenvalue weighted by Crippen LogP contribution is 2.27. The maximum absolute atomic E-state index is 14.1. The fourth-order valence-electron chi connectivity index (χ4n) is 3.64. The molecule has 1 fully saturated rings. The third-order valence-corrected chi connectivity index (χ3v) is 6.80. The summed E-state index contributed by atoms with van der Waals surface area (Å²) in [4.78, 5) is 12.3. The number of carbonyl (C=O) groups excluding carboxylic acids is 1. The number of nitrogens with zero attached hydrogens (tertiary/aromatic N) is 1. The summed E-state index contributed by atoms with van der Waals surface area (Å²) >= 11 is 0. The predicted octanol–water partition coefficient (Wildman–Crippen LogP) is 3.80. The molecule has 0 aromatic heterocycles. The monoisotopic (exact) mass is 398 g/mol. The second-order valence-electron chi connectivity index (χ2n) is 7.73. The fraction of sp³-hybridized carbons (Fsp3) is 0.650. The molecule has 2 rings (SSSR count). The Morgan fingerprint density at radius 2 is 1.85 bits per heavy atom. The second kappa shape index (κ2) is 9.64. The van der Waals surface area contributed by atoms with Crippen molar-refractivity contribution in [1.29, 1.82) is 0 Å². The molecular weight excluding hydrogens is 367 g/mol. The van der Waals surface area contributed by atoms with Gasteiger partial charge < -0.3 is 5.32 Å². The van der Waals surface area contributed by atoms with Crippen molar-refractivity contribution in [2.45, 2.75) is 57.8 Å². The molecule has 5 nitrogen and oxygen atoms in total. The number of hydrogen-bond donors (Lipinski definition) is 1. The summed E-state index contributed by atoms with van der Waals surface area (Å²) in [5, 5.41) is 2.68. The number of rotatable bonds is 8. The van der Waals surface area contributed by atoms with E-state index in [0.717, 1.165) is 44.2 Å². The van der Waals surface area contributed by atoms with E-state index in [1.165, 1.54) is 10.4 Å². The van der Waals surface area contributed by atoms with Gasteiger partial charge in [0.15, 0.2) is 0 Å². The summed E-state index contributed by atoms with van der Waals surface area (Å²) in [6.07, 6.45) is 4.99. The molecule has 1 aliphatic rings. The van der Waals surface area contributed by atoms with Gasteiger partial charge in [-0.1, -0.05) is 40.0 Å². The van der Waals surface area contributed by atoms with Crippen molar-refractivity contribution in [2.75, 3.05) is 19.6 Å². The van der Waals surface area contributed by atoms with E-state index < -0.39 is 21.7 Å². The Morgan fingerprint density at radius 3 is 2.48 bits per heavy atom. The van der Waals surface area contributed by atoms with Crippen molar-refractivity contribution < 1.29 is 17.6 Å². The molecule has 152 valence electrons. The van der Waals surface area contributed by atoms with Crippen LogP contribution >= 0.6 is 0 Å². The van der Waals surface area contributed by atoms with Crippen molar-refractivity contribution in [1.82, 2.24) is 9.62 Å². The smallest absolute Gasteiger partial charge is 0.254 e. The van der Waals surface area contributed by atoms with Gasteiger partial charge in [-0.15, -0.1) is 0 Å². The molecule has 2 atom stereocenters. The van der Waals surface area contributed by atoms with Crippen LogP contribution in [0.4, 0.5) is 4.39 Å². The number of amides is 1. The topological polar surface area (TPSA) is 66.5 Å². The van der Waals surface area contributed by atoms with Crippen LogP contribution in [0.25, 0.3) is 0 Å². The number of halogens is 1. The zero-order chi connectivity index (χ0) is 20.0. The van der Waals surface area contributed by atoms with E-state index in [0.29, 0.717) is 19.6 Å². The minimum absolute atomic E-state index is 0.0265. The SMILES string of the molecule is CCCCCCNC(=O)c1cc(S(=O)(=O)N2C[C@H](C)C[C@H](C)C2)ccc1F. The summed E-state index contributed by atoms with van der Waals surface area (Å²) in [6.45, 7) is 7.51. The van der Waals surface area contributed by atoms with E-state index in [1.54, 1.807) is 0 Å². The summed E-state index contributed by atoms with van der Waals surface area (Å²) in [5.74, 6) is -0.730. The molecule has 27 heavy (non-hydrogen) atoms. The Hall–Kier alpha value is -1.47. The Balaban J connectivity index is 2.14. The highest BCUT2D eigenvalue weighted by Gasteiger charge is 2.32. The first kappa shape index (κ1) is 21.8. The molecular formula is C20H31FN2O3S. The van der Waals surface area contributed by atoms with Crippen molar-refractivity contribution in [3.05, 3.63) is 29.6 Å². The van der Waals surface area contributed by atoms with Crippen molar-refractivity contribution in [3.63, 3.8) is 0 Å². The molecule has 1 aromatic rings. The van der Waals surface area contributed by atoms with Gasteiger partial charge in [0.25, 0.3) is 5.91 Å². The molecule has 1 aliphatic heterocycles. The zero-order valence-corrected chi connectivity index (χ0v) is 17.3. The van der Waals surface area contributed by atoms with Crippen LogP contribution < -0.4 is 5.32 Å². The average Bonchev–Trinajstić information content (AvgIpc) is 2.60. The molecule has 0 unspecified atom stereocenters. The van der Waals surface area contributed by atoms with Crippen LogP contribution in [0.1, 0.15) is 63.2 Å². The highest BCUT2D eigenvalue weighted by molar-refractivity contribution is 7.89. The van der Waals surface area contributed by atoms with Gasteiger partial charge in [0.05, 0.1) is 10.5 Å². The van der Waals surface area contributed by atoms with E-state index in [1.807, 2.05) is 13.8 Å². The third-order valence-electron chi connectivity index (χ3n) is 4.97. The maximum Gasteiger partial charge on any atom is 0.254 e. The Morgan fingerprint density at radius 1 is 1.19 bits per heavy atom. The lowest BCUT2D eigenvalue weighted by Crippen LogP contribution is -2.42. The van der Waals surface area contributed by atoms with E-state index in [2.05, 4.69) is 12.2 Å². The minimum atomic E-state index is -3.75.